The van der Waals surface area contributed by atoms with Crippen LogP contribution in [-0.2, 0) is 4.74 Å². The zero-order valence-electron chi connectivity index (χ0n) is 17.5. The lowest BCUT2D eigenvalue weighted by molar-refractivity contribution is 0.0137. The van der Waals surface area contributed by atoms with Crippen LogP contribution in [0.15, 0.2) is 60.7 Å². The van der Waals surface area contributed by atoms with Crippen LogP contribution in [0.25, 0.3) is 11.1 Å². The third kappa shape index (κ3) is 5.13. The molecule has 2 atom stereocenters. The van der Waals surface area contributed by atoms with Crippen molar-refractivity contribution in [1.82, 2.24) is 5.32 Å². The van der Waals surface area contributed by atoms with Gasteiger partial charge in [0.05, 0.1) is 16.1 Å². The first-order valence-electron chi connectivity index (χ1n) is 10.5. The summed E-state index contributed by atoms with van der Waals surface area (Å²) in [6, 6.07) is 19.0. The maximum atomic E-state index is 12.3. The Labute approximate surface area is 206 Å². The van der Waals surface area contributed by atoms with E-state index in [0.29, 0.717) is 0 Å². The van der Waals surface area contributed by atoms with Crippen LogP contribution in [0.2, 0.25) is 15.1 Å². The first-order chi connectivity index (χ1) is 15.9. The first-order valence-corrected chi connectivity index (χ1v) is 11.6. The lowest BCUT2D eigenvalue weighted by atomic mass is 9.98. The van der Waals surface area contributed by atoms with E-state index in [0.717, 1.165) is 22.3 Å². The summed E-state index contributed by atoms with van der Waals surface area (Å²) in [7, 11) is 0. The second-order valence-electron chi connectivity index (χ2n) is 7.84. The summed E-state index contributed by atoms with van der Waals surface area (Å²) in [5, 5.41) is 24.0. The number of ether oxygens (including phenoxy) is 1. The van der Waals surface area contributed by atoms with Gasteiger partial charge in [-0.2, -0.15) is 0 Å². The van der Waals surface area contributed by atoms with E-state index < -0.39 is 18.3 Å². The number of carbonyl (C=O) groups excluding carboxylic acids is 1. The molecule has 172 valence electrons. The number of carbonyl (C=O) groups is 1. The van der Waals surface area contributed by atoms with Crippen LogP contribution in [0, 0.1) is 0 Å². The van der Waals surface area contributed by atoms with Gasteiger partial charge in [0.15, 0.2) is 0 Å². The number of aliphatic hydroxyl groups excluding tert-OH is 2. The minimum Gasteiger partial charge on any atom is -0.449 e. The molecule has 5 nitrogen and oxygen atoms in total. The SMILES string of the molecule is O=C(NCCC(O)C(O)c1cc(Cl)c(Cl)cc1Cl)OCC1c2ccccc2-c2ccccc21. The van der Waals surface area contributed by atoms with Crippen LogP contribution < -0.4 is 5.32 Å². The molecule has 33 heavy (non-hydrogen) atoms. The van der Waals surface area contributed by atoms with Crippen molar-refractivity contribution in [3.05, 3.63) is 92.4 Å². The number of aliphatic hydroxyl groups is 2. The fraction of sp³-hybridized carbons (Fsp3) is 0.240. The number of halogens is 3. The highest BCUT2D eigenvalue weighted by atomic mass is 35.5. The summed E-state index contributed by atoms with van der Waals surface area (Å²) in [4.78, 5) is 12.3. The predicted molar refractivity (Wildman–Crippen MR) is 130 cm³/mol. The van der Waals surface area contributed by atoms with Crippen LogP contribution in [0.3, 0.4) is 0 Å². The predicted octanol–water partition coefficient (Wildman–Crippen LogP) is 5.97. The van der Waals surface area contributed by atoms with Crippen LogP contribution >= 0.6 is 34.8 Å². The molecule has 0 saturated heterocycles. The normalized spacial score (nSPS) is 14.3. The molecule has 0 aliphatic heterocycles. The van der Waals surface area contributed by atoms with Crippen LogP contribution in [0.5, 0.6) is 0 Å². The molecule has 8 heteroatoms. The van der Waals surface area contributed by atoms with Gasteiger partial charge in [0.25, 0.3) is 0 Å². The van der Waals surface area contributed by atoms with E-state index in [2.05, 4.69) is 17.4 Å². The van der Waals surface area contributed by atoms with E-state index in [1.54, 1.807) is 0 Å². The lowest BCUT2D eigenvalue weighted by Crippen LogP contribution is -2.30. The number of benzene rings is 3. The van der Waals surface area contributed by atoms with E-state index in [1.165, 1.54) is 12.1 Å². The molecule has 0 spiro atoms. The third-order valence-corrected chi connectivity index (χ3v) is 6.83. The fourth-order valence-electron chi connectivity index (χ4n) is 4.10. The van der Waals surface area contributed by atoms with E-state index in [1.807, 2.05) is 36.4 Å². The molecule has 0 saturated carbocycles. The van der Waals surface area contributed by atoms with E-state index in [4.69, 9.17) is 39.5 Å². The van der Waals surface area contributed by atoms with Gasteiger partial charge in [0.1, 0.15) is 12.7 Å². The molecular weight excluding hydrogens is 485 g/mol. The van der Waals surface area contributed by atoms with Gasteiger partial charge in [-0.05, 0) is 40.8 Å². The van der Waals surface area contributed by atoms with Gasteiger partial charge < -0.3 is 20.3 Å². The maximum absolute atomic E-state index is 12.3. The Bertz CT molecular complexity index is 1120. The van der Waals surface area contributed by atoms with Crippen molar-refractivity contribution in [2.24, 2.45) is 0 Å². The minimum absolute atomic E-state index is 0.0349. The van der Waals surface area contributed by atoms with Crippen molar-refractivity contribution in [2.45, 2.75) is 24.5 Å². The standard InChI is InChI=1S/C25H22Cl3NO4/c26-20-12-22(28)21(27)11-18(20)24(31)23(30)9-10-29-25(32)33-13-19-16-7-3-1-5-14(16)15-6-2-4-8-17(15)19/h1-8,11-12,19,23-24,30-31H,9-10,13H2,(H,29,32). The van der Waals surface area contributed by atoms with Crippen molar-refractivity contribution in [3.8, 4) is 11.1 Å². The molecule has 1 amide bonds. The molecular formula is C25H22Cl3NO4. The Morgan fingerprint density at radius 3 is 2.12 bits per heavy atom. The van der Waals surface area contributed by atoms with Crippen molar-refractivity contribution < 1.29 is 19.7 Å². The van der Waals surface area contributed by atoms with E-state index in [-0.39, 0.29) is 46.1 Å². The summed E-state index contributed by atoms with van der Waals surface area (Å²) in [6.45, 7) is 0.303. The average Bonchev–Trinajstić information content (AvgIpc) is 3.13. The molecule has 1 aliphatic rings. The van der Waals surface area contributed by atoms with Gasteiger partial charge in [-0.15, -0.1) is 0 Å². The Morgan fingerprint density at radius 1 is 0.909 bits per heavy atom. The third-order valence-electron chi connectivity index (χ3n) is 5.78. The Balaban J connectivity index is 1.30. The molecule has 3 aromatic carbocycles. The van der Waals surface area contributed by atoms with Gasteiger partial charge in [-0.25, -0.2) is 4.79 Å². The number of nitrogens with one attached hydrogen (secondary N) is 1. The van der Waals surface area contributed by atoms with Crippen molar-refractivity contribution in [1.29, 1.82) is 0 Å². The highest BCUT2D eigenvalue weighted by Crippen LogP contribution is 2.44. The second kappa shape index (κ2) is 10.3. The smallest absolute Gasteiger partial charge is 0.407 e. The average molecular weight is 507 g/mol. The molecule has 1 aliphatic carbocycles. The van der Waals surface area contributed by atoms with E-state index >= 15 is 0 Å². The molecule has 3 N–H and O–H groups in total. The Hall–Kier alpha value is -2.28. The largest absolute Gasteiger partial charge is 0.449 e. The molecule has 0 bridgehead atoms. The Morgan fingerprint density at radius 2 is 1.48 bits per heavy atom. The summed E-state index contributed by atoms with van der Waals surface area (Å²) < 4.78 is 5.47. The second-order valence-corrected chi connectivity index (χ2v) is 9.06. The highest BCUT2D eigenvalue weighted by Gasteiger charge is 2.29. The quantitative estimate of drug-likeness (QED) is 0.345. The van der Waals surface area contributed by atoms with Crippen molar-refractivity contribution in [2.75, 3.05) is 13.2 Å². The Kier molecular flexibility index (Phi) is 7.47. The van der Waals surface area contributed by atoms with Gasteiger partial charge in [0, 0.05) is 23.0 Å². The van der Waals surface area contributed by atoms with Crippen molar-refractivity contribution >= 4 is 40.9 Å². The van der Waals surface area contributed by atoms with Gasteiger partial charge in [-0.3, -0.25) is 0 Å². The summed E-state index contributed by atoms with van der Waals surface area (Å²) >= 11 is 18.0. The zero-order valence-corrected chi connectivity index (χ0v) is 19.7. The number of hydrogen-bond acceptors (Lipinski definition) is 4. The number of rotatable bonds is 7. The van der Waals surface area contributed by atoms with E-state index in [9.17, 15) is 15.0 Å². The zero-order chi connectivity index (χ0) is 23.5. The number of amides is 1. The number of fused-ring (bicyclic) bond motifs is 3. The summed E-state index contributed by atoms with van der Waals surface area (Å²) in [5.41, 5.74) is 4.83. The summed E-state index contributed by atoms with van der Waals surface area (Å²) in [6.07, 6.45) is -2.96. The minimum atomic E-state index is -1.28. The van der Waals surface area contributed by atoms with Crippen LogP contribution in [0.4, 0.5) is 4.79 Å². The maximum Gasteiger partial charge on any atom is 0.407 e. The number of alkyl carbamates (subject to hydrolysis) is 1. The van der Waals surface area contributed by atoms with Crippen molar-refractivity contribution in [3.63, 3.8) is 0 Å². The monoisotopic (exact) mass is 505 g/mol. The molecule has 0 heterocycles. The number of hydrogen-bond donors (Lipinski definition) is 3. The molecule has 3 aromatic rings. The van der Waals surface area contributed by atoms with Crippen LogP contribution in [0.1, 0.15) is 35.1 Å². The van der Waals surface area contributed by atoms with Gasteiger partial charge in [0.2, 0.25) is 0 Å². The lowest BCUT2D eigenvalue weighted by Gasteiger charge is -2.20. The molecule has 0 fully saturated rings. The van der Waals surface area contributed by atoms with Crippen LogP contribution in [-0.4, -0.2) is 35.6 Å². The molecule has 4 rings (SSSR count). The highest BCUT2D eigenvalue weighted by molar-refractivity contribution is 6.43. The van der Waals surface area contributed by atoms with Gasteiger partial charge >= 0.3 is 6.09 Å². The first kappa shape index (κ1) is 23.9. The molecule has 0 radical (unpaired) electrons. The molecule has 2 unspecified atom stereocenters. The summed E-state index contributed by atoms with van der Waals surface area (Å²) in [5.74, 6) is -0.0349. The fourth-order valence-corrected chi connectivity index (χ4v) is 4.77. The van der Waals surface area contributed by atoms with Gasteiger partial charge in [-0.1, -0.05) is 83.3 Å². The molecule has 0 aromatic heterocycles. The topological polar surface area (TPSA) is 78.8 Å².